The van der Waals surface area contributed by atoms with E-state index in [-0.39, 0.29) is 0 Å². The van der Waals surface area contributed by atoms with Crippen LogP contribution in [0.2, 0.25) is 0 Å². The Labute approximate surface area is 82.4 Å². The van der Waals surface area contributed by atoms with Crippen LogP contribution in [-0.4, -0.2) is 33.4 Å². The summed E-state index contributed by atoms with van der Waals surface area (Å²) in [7, 11) is 0. The highest BCUT2D eigenvalue weighted by Gasteiger charge is 2.20. The van der Waals surface area contributed by atoms with E-state index in [1.54, 1.807) is 4.68 Å². The molecule has 0 bridgehead atoms. The van der Waals surface area contributed by atoms with Gasteiger partial charge in [0.2, 0.25) is 0 Å². The molecule has 0 aromatic carbocycles. The lowest BCUT2D eigenvalue weighted by Crippen LogP contribution is -2.14. The summed E-state index contributed by atoms with van der Waals surface area (Å²) in [5.74, 6) is 1.51. The molecule has 2 N–H and O–H groups in total. The second kappa shape index (κ2) is 4.47. The number of nitrogens with two attached hydrogens (primary N) is 1. The van der Waals surface area contributed by atoms with Crippen LogP contribution in [0.15, 0.2) is 0 Å². The number of ether oxygens (including phenoxy) is 1. The van der Waals surface area contributed by atoms with E-state index in [9.17, 15) is 0 Å². The fraction of sp³-hybridized carbons (Fsp3) is 0.875. The number of hydrogen-bond acceptors (Lipinski definition) is 5. The van der Waals surface area contributed by atoms with Crippen molar-refractivity contribution in [1.82, 2.24) is 20.2 Å². The summed E-state index contributed by atoms with van der Waals surface area (Å²) in [5, 5.41) is 11.1. The highest BCUT2D eigenvalue weighted by atomic mass is 16.5. The third-order valence-electron chi connectivity index (χ3n) is 2.29. The van der Waals surface area contributed by atoms with E-state index in [0.29, 0.717) is 25.5 Å². The van der Waals surface area contributed by atoms with Crippen molar-refractivity contribution >= 4 is 0 Å². The van der Waals surface area contributed by atoms with Crippen LogP contribution in [0.1, 0.15) is 18.7 Å². The SMILES string of the molecule is NCc1nnnn1CCOCC1CC1. The predicted octanol–water partition coefficient (Wildman–Crippen LogP) is -0.442. The Morgan fingerprint density at radius 1 is 1.50 bits per heavy atom. The van der Waals surface area contributed by atoms with Crippen molar-refractivity contribution in [1.29, 1.82) is 0 Å². The van der Waals surface area contributed by atoms with Crippen LogP contribution in [0, 0.1) is 5.92 Å². The molecule has 1 aromatic heterocycles. The molecule has 78 valence electrons. The van der Waals surface area contributed by atoms with E-state index in [1.165, 1.54) is 12.8 Å². The quantitative estimate of drug-likeness (QED) is 0.625. The standard InChI is InChI=1S/C8H15N5O/c9-5-8-10-11-12-13(8)3-4-14-6-7-1-2-7/h7H,1-6,9H2. The Hall–Kier alpha value is -1.01. The van der Waals surface area contributed by atoms with Gasteiger partial charge in [0.25, 0.3) is 0 Å². The first-order chi connectivity index (χ1) is 6.90. The van der Waals surface area contributed by atoms with Gasteiger partial charge in [0.05, 0.1) is 19.7 Å². The molecule has 0 saturated heterocycles. The Morgan fingerprint density at radius 3 is 3.07 bits per heavy atom. The zero-order valence-electron chi connectivity index (χ0n) is 8.09. The zero-order chi connectivity index (χ0) is 9.80. The van der Waals surface area contributed by atoms with E-state index >= 15 is 0 Å². The van der Waals surface area contributed by atoms with Gasteiger partial charge >= 0.3 is 0 Å². The maximum absolute atomic E-state index is 5.47. The molecule has 0 atom stereocenters. The molecule has 1 saturated carbocycles. The predicted molar refractivity (Wildman–Crippen MR) is 49.3 cm³/mol. The molecule has 6 heteroatoms. The molecule has 1 heterocycles. The average molecular weight is 197 g/mol. The van der Waals surface area contributed by atoms with Crippen LogP contribution in [0.3, 0.4) is 0 Å². The summed E-state index contributed by atoms with van der Waals surface area (Å²) in [6.07, 6.45) is 2.64. The molecule has 2 rings (SSSR count). The minimum Gasteiger partial charge on any atom is -0.379 e. The van der Waals surface area contributed by atoms with Gasteiger partial charge in [-0.1, -0.05) is 0 Å². The lowest BCUT2D eigenvalue weighted by Gasteiger charge is -2.03. The fourth-order valence-electron chi connectivity index (χ4n) is 1.23. The Kier molecular flexibility index (Phi) is 3.05. The lowest BCUT2D eigenvalue weighted by molar-refractivity contribution is 0.113. The van der Waals surface area contributed by atoms with Crippen LogP contribution in [0.5, 0.6) is 0 Å². The van der Waals surface area contributed by atoms with Crippen LogP contribution in [0.4, 0.5) is 0 Å². The van der Waals surface area contributed by atoms with Crippen molar-refractivity contribution in [2.24, 2.45) is 11.7 Å². The first kappa shape index (κ1) is 9.54. The highest BCUT2D eigenvalue weighted by molar-refractivity contribution is 4.77. The van der Waals surface area contributed by atoms with E-state index in [1.807, 2.05) is 0 Å². The molecule has 0 amide bonds. The molecule has 0 aliphatic heterocycles. The van der Waals surface area contributed by atoms with Crippen molar-refractivity contribution < 1.29 is 4.74 Å². The Morgan fingerprint density at radius 2 is 2.36 bits per heavy atom. The Balaban J connectivity index is 1.68. The van der Waals surface area contributed by atoms with Gasteiger partial charge in [-0.15, -0.1) is 5.10 Å². The summed E-state index contributed by atoms with van der Waals surface area (Å²) in [4.78, 5) is 0. The Bertz CT molecular complexity index is 283. The van der Waals surface area contributed by atoms with Crippen LogP contribution < -0.4 is 5.73 Å². The van der Waals surface area contributed by atoms with Gasteiger partial charge in [0, 0.05) is 6.61 Å². The van der Waals surface area contributed by atoms with E-state index in [2.05, 4.69) is 15.5 Å². The third-order valence-corrected chi connectivity index (χ3v) is 2.29. The molecular weight excluding hydrogens is 182 g/mol. The second-order valence-corrected chi connectivity index (χ2v) is 3.54. The molecule has 0 spiro atoms. The van der Waals surface area contributed by atoms with Gasteiger partial charge in [0.1, 0.15) is 0 Å². The molecule has 0 unspecified atom stereocenters. The highest BCUT2D eigenvalue weighted by Crippen LogP contribution is 2.28. The first-order valence-electron chi connectivity index (χ1n) is 4.93. The van der Waals surface area contributed by atoms with E-state index < -0.39 is 0 Å². The van der Waals surface area contributed by atoms with Gasteiger partial charge in [-0.05, 0) is 29.2 Å². The fourth-order valence-corrected chi connectivity index (χ4v) is 1.23. The van der Waals surface area contributed by atoms with Crippen molar-refractivity contribution in [3.05, 3.63) is 5.82 Å². The summed E-state index contributed by atoms with van der Waals surface area (Å²) in [6.45, 7) is 2.59. The summed E-state index contributed by atoms with van der Waals surface area (Å²) < 4.78 is 7.16. The topological polar surface area (TPSA) is 78.9 Å². The van der Waals surface area contributed by atoms with Crippen molar-refractivity contribution in [3.8, 4) is 0 Å². The number of aromatic nitrogens is 4. The summed E-state index contributed by atoms with van der Waals surface area (Å²) in [5.41, 5.74) is 5.45. The minimum atomic E-state index is 0.371. The van der Waals surface area contributed by atoms with Crippen LogP contribution in [0.25, 0.3) is 0 Å². The van der Waals surface area contributed by atoms with Gasteiger partial charge in [0.15, 0.2) is 5.82 Å². The summed E-state index contributed by atoms with van der Waals surface area (Å²) in [6, 6.07) is 0. The molecule has 1 aromatic rings. The van der Waals surface area contributed by atoms with Crippen molar-refractivity contribution in [2.45, 2.75) is 25.9 Å². The first-order valence-corrected chi connectivity index (χ1v) is 4.93. The van der Waals surface area contributed by atoms with Gasteiger partial charge < -0.3 is 10.5 Å². The maximum atomic E-state index is 5.47. The molecule has 1 aliphatic carbocycles. The minimum absolute atomic E-state index is 0.371. The zero-order valence-corrected chi connectivity index (χ0v) is 8.09. The van der Waals surface area contributed by atoms with Crippen LogP contribution >= 0.6 is 0 Å². The van der Waals surface area contributed by atoms with Crippen molar-refractivity contribution in [3.63, 3.8) is 0 Å². The third kappa shape index (κ3) is 2.49. The van der Waals surface area contributed by atoms with Crippen LogP contribution in [-0.2, 0) is 17.8 Å². The largest absolute Gasteiger partial charge is 0.379 e. The van der Waals surface area contributed by atoms with E-state index in [0.717, 1.165) is 12.5 Å². The number of rotatable bonds is 6. The van der Waals surface area contributed by atoms with Gasteiger partial charge in [-0.3, -0.25) is 0 Å². The lowest BCUT2D eigenvalue weighted by atomic mass is 10.5. The second-order valence-electron chi connectivity index (χ2n) is 3.54. The smallest absolute Gasteiger partial charge is 0.164 e. The summed E-state index contributed by atoms with van der Waals surface area (Å²) >= 11 is 0. The molecule has 0 radical (unpaired) electrons. The molecule has 1 aliphatic rings. The number of tetrazole rings is 1. The maximum Gasteiger partial charge on any atom is 0.164 e. The number of nitrogens with zero attached hydrogens (tertiary/aromatic N) is 4. The molecule has 14 heavy (non-hydrogen) atoms. The van der Waals surface area contributed by atoms with E-state index in [4.69, 9.17) is 10.5 Å². The monoisotopic (exact) mass is 197 g/mol. The molecule has 6 nitrogen and oxygen atoms in total. The van der Waals surface area contributed by atoms with Gasteiger partial charge in [-0.25, -0.2) is 4.68 Å². The number of hydrogen-bond donors (Lipinski definition) is 1. The van der Waals surface area contributed by atoms with Gasteiger partial charge in [-0.2, -0.15) is 0 Å². The average Bonchev–Trinajstić information content (AvgIpc) is 2.91. The van der Waals surface area contributed by atoms with Crippen molar-refractivity contribution in [2.75, 3.05) is 13.2 Å². The molecular formula is C8H15N5O. The normalized spacial score (nSPS) is 16.1. The molecule has 1 fully saturated rings.